The second-order valence-corrected chi connectivity index (χ2v) is 15.2. The van der Waals surface area contributed by atoms with Crippen LogP contribution in [0.4, 0.5) is 5.69 Å². The Bertz CT molecular complexity index is 2210. The number of Topliss-reactive ketones (excluding diaryl/α,β-unsaturated/α-hetero) is 1. The van der Waals surface area contributed by atoms with Crippen molar-refractivity contribution in [2.24, 2.45) is 0 Å². The third kappa shape index (κ3) is 11.7. The van der Waals surface area contributed by atoms with Gasteiger partial charge in [-0.25, -0.2) is 0 Å². The molecule has 0 saturated heterocycles. The van der Waals surface area contributed by atoms with Crippen LogP contribution in [0.3, 0.4) is 0 Å². The van der Waals surface area contributed by atoms with E-state index in [9.17, 15) is 4.79 Å². The molecule has 0 radical (unpaired) electrons. The zero-order valence-corrected chi connectivity index (χ0v) is 39.3. The number of methoxy groups -OCH3 is 5. The van der Waals surface area contributed by atoms with Crippen LogP contribution in [0.2, 0.25) is 0 Å². The number of ketones is 1. The third-order valence-electron chi connectivity index (χ3n) is 10.8. The number of aryl methyl sites for hydroxylation is 1. The molecule has 5 aromatic rings. The number of anilines is 1. The summed E-state index contributed by atoms with van der Waals surface area (Å²) in [6.07, 6.45) is 13.2. The van der Waals surface area contributed by atoms with Gasteiger partial charge in [-0.1, -0.05) is 96.4 Å². The molecule has 334 valence electrons. The van der Waals surface area contributed by atoms with E-state index in [1.54, 1.807) is 41.6 Å². The highest BCUT2D eigenvalue weighted by Gasteiger charge is 2.25. The molecule has 5 rings (SSSR count). The number of benzene rings is 4. The monoisotopic (exact) mass is 846 g/mol. The predicted octanol–water partition coefficient (Wildman–Crippen LogP) is 12.8. The standard InChI is InChI=1S/C31H44N2O2.C22H27NO4/c1-7-11-19-27(32(20-10-4)21-12-8-2)29-23-26-28(33(29)25-17-14-13-15-18-25)22-24(16-9-3)30(34-5)31(26)35-6;1-6-10-19(24)18(23(2)17-11-8-7-9-12-17)15-16-13-14-20(25-3)22(27-5)21(16)26-4/h13-15,17-19,22-23H,7-12,16,20-21H2,1-6H3;7-9,11-15H,6,10H2,1-5H3/b27-19-;18-15-. The predicted molar refractivity (Wildman–Crippen MR) is 259 cm³/mol. The minimum Gasteiger partial charge on any atom is -0.493 e. The van der Waals surface area contributed by atoms with Gasteiger partial charge >= 0.3 is 0 Å². The summed E-state index contributed by atoms with van der Waals surface area (Å²) in [5, 5.41) is 1.09. The summed E-state index contributed by atoms with van der Waals surface area (Å²) >= 11 is 0. The van der Waals surface area contributed by atoms with Crippen LogP contribution in [-0.4, -0.2) is 70.9 Å². The highest BCUT2D eigenvalue weighted by Crippen LogP contribution is 2.44. The molecule has 9 nitrogen and oxygen atoms in total. The Morgan fingerprint density at radius 2 is 1.32 bits per heavy atom. The first-order chi connectivity index (χ1) is 30.2. The Kier molecular flexibility index (Phi) is 19.8. The van der Waals surface area contributed by atoms with Crippen molar-refractivity contribution >= 4 is 34.1 Å². The largest absolute Gasteiger partial charge is 0.493 e. The first-order valence-corrected chi connectivity index (χ1v) is 22.3. The highest BCUT2D eigenvalue weighted by molar-refractivity contribution is 6.03. The molecule has 4 aromatic carbocycles. The van der Waals surface area contributed by atoms with Crippen LogP contribution in [0.25, 0.3) is 28.4 Å². The van der Waals surface area contributed by atoms with Crippen LogP contribution in [0.1, 0.15) is 103 Å². The SMILES string of the molecule is CCC/C=C(/c1cc2c(OC)c(OC)c(CCC)cc2n1-c1ccccc1)N(CCC)CCCC.CCCC(=O)/C(=C/c1ccc(OC)c(OC)c1OC)N(C)c1ccccc1. The lowest BCUT2D eigenvalue weighted by Gasteiger charge is -2.28. The number of para-hydroxylation sites is 2. The first kappa shape index (κ1) is 48.8. The summed E-state index contributed by atoms with van der Waals surface area (Å²) in [5.74, 6) is 3.35. The number of allylic oxidation sites excluding steroid dienone is 2. The maximum absolute atomic E-state index is 12.8. The fourth-order valence-electron chi connectivity index (χ4n) is 7.82. The van der Waals surface area contributed by atoms with E-state index in [1.807, 2.05) is 61.3 Å². The van der Waals surface area contributed by atoms with Gasteiger partial charge in [0.1, 0.15) is 0 Å². The van der Waals surface area contributed by atoms with E-state index in [-0.39, 0.29) is 5.78 Å². The van der Waals surface area contributed by atoms with E-state index in [0.29, 0.717) is 29.4 Å². The van der Waals surface area contributed by atoms with Gasteiger partial charge in [0, 0.05) is 54.4 Å². The quantitative estimate of drug-likeness (QED) is 0.0602. The smallest absolute Gasteiger partial charge is 0.203 e. The molecule has 0 aliphatic rings. The van der Waals surface area contributed by atoms with Gasteiger partial charge in [0.15, 0.2) is 28.8 Å². The van der Waals surface area contributed by atoms with Crippen molar-refractivity contribution in [2.75, 3.05) is 60.6 Å². The van der Waals surface area contributed by atoms with E-state index >= 15 is 0 Å². The molecule has 1 aromatic heterocycles. The van der Waals surface area contributed by atoms with Crippen molar-refractivity contribution in [1.29, 1.82) is 0 Å². The van der Waals surface area contributed by atoms with Crippen molar-refractivity contribution in [3.05, 3.63) is 114 Å². The minimum absolute atomic E-state index is 0.0701. The molecule has 0 aliphatic carbocycles. The molecule has 0 saturated carbocycles. The number of carbonyl (C=O) groups excluding carboxylic acids is 1. The fraction of sp³-hybridized carbons (Fsp3) is 0.415. The summed E-state index contributed by atoms with van der Waals surface area (Å²) in [6.45, 7) is 13.1. The van der Waals surface area contributed by atoms with Crippen LogP contribution in [-0.2, 0) is 11.2 Å². The Balaban J connectivity index is 0.000000282. The van der Waals surface area contributed by atoms with E-state index in [4.69, 9.17) is 23.7 Å². The summed E-state index contributed by atoms with van der Waals surface area (Å²) in [7, 11) is 10.1. The van der Waals surface area contributed by atoms with Crippen molar-refractivity contribution in [3.8, 4) is 34.4 Å². The third-order valence-corrected chi connectivity index (χ3v) is 10.8. The van der Waals surface area contributed by atoms with Crippen LogP contribution in [0.5, 0.6) is 28.7 Å². The zero-order valence-electron chi connectivity index (χ0n) is 39.3. The van der Waals surface area contributed by atoms with Crippen molar-refractivity contribution in [2.45, 2.75) is 92.4 Å². The maximum atomic E-state index is 12.8. The Hall–Kier alpha value is -5.83. The molecule has 0 bridgehead atoms. The van der Waals surface area contributed by atoms with Gasteiger partial charge in [-0.3, -0.25) is 4.79 Å². The number of unbranched alkanes of at least 4 members (excludes halogenated alkanes) is 2. The number of fused-ring (bicyclic) bond motifs is 1. The number of hydrogen-bond donors (Lipinski definition) is 0. The molecule has 0 spiro atoms. The number of likely N-dealkylation sites (N-methyl/N-ethyl adjacent to an activating group) is 1. The van der Waals surface area contributed by atoms with E-state index in [0.717, 1.165) is 79.8 Å². The fourth-order valence-corrected chi connectivity index (χ4v) is 7.82. The van der Waals surface area contributed by atoms with Gasteiger partial charge in [0.2, 0.25) is 5.75 Å². The zero-order chi connectivity index (χ0) is 45.0. The molecule has 0 amide bonds. The normalized spacial score (nSPS) is 11.5. The lowest BCUT2D eigenvalue weighted by molar-refractivity contribution is -0.115. The molecule has 0 atom stereocenters. The molecule has 1 heterocycles. The maximum Gasteiger partial charge on any atom is 0.203 e. The van der Waals surface area contributed by atoms with Crippen LogP contribution in [0.15, 0.2) is 96.7 Å². The molecular formula is C53H71N3O6. The number of carbonyl (C=O) groups is 1. The number of hydrogen-bond acceptors (Lipinski definition) is 8. The van der Waals surface area contributed by atoms with Crippen molar-refractivity contribution < 1.29 is 28.5 Å². The average Bonchev–Trinajstić information content (AvgIpc) is 3.68. The number of rotatable bonds is 23. The number of ether oxygens (including phenoxy) is 5. The average molecular weight is 846 g/mol. The summed E-state index contributed by atoms with van der Waals surface area (Å²) < 4.78 is 30.7. The lowest BCUT2D eigenvalue weighted by Crippen LogP contribution is -2.25. The second-order valence-electron chi connectivity index (χ2n) is 15.2. The van der Waals surface area contributed by atoms with Crippen molar-refractivity contribution in [1.82, 2.24) is 9.47 Å². The molecule has 0 unspecified atom stereocenters. The number of aromatic nitrogens is 1. The van der Waals surface area contributed by atoms with E-state index in [1.165, 1.54) is 41.0 Å². The number of nitrogens with zero attached hydrogens (tertiary/aromatic N) is 3. The molecule has 9 heteroatoms. The van der Waals surface area contributed by atoms with Gasteiger partial charge < -0.3 is 38.1 Å². The second kappa shape index (κ2) is 25.2. The van der Waals surface area contributed by atoms with Gasteiger partial charge in [0.05, 0.1) is 58.2 Å². The van der Waals surface area contributed by atoms with Gasteiger partial charge in [0.25, 0.3) is 0 Å². The van der Waals surface area contributed by atoms with Crippen LogP contribution >= 0.6 is 0 Å². The molecule has 0 fully saturated rings. The summed E-state index contributed by atoms with van der Waals surface area (Å²) in [5.41, 5.74) is 8.34. The van der Waals surface area contributed by atoms with Gasteiger partial charge in [-0.05, 0) is 86.7 Å². The summed E-state index contributed by atoms with van der Waals surface area (Å²) in [4.78, 5) is 17.3. The van der Waals surface area contributed by atoms with Crippen LogP contribution in [0, 0.1) is 0 Å². The van der Waals surface area contributed by atoms with Crippen LogP contribution < -0.4 is 28.6 Å². The Morgan fingerprint density at radius 1 is 0.661 bits per heavy atom. The van der Waals surface area contributed by atoms with E-state index < -0.39 is 0 Å². The Labute approximate surface area is 371 Å². The first-order valence-electron chi connectivity index (χ1n) is 22.3. The molecule has 0 aliphatic heterocycles. The topological polar surface area (TPSA) is 74.6 Å². The van der Waals surface area contributed by atoms with Crippen molar-refractivity contribution in [3.63, 3.8) is 0 Å². The molecule has 0 N–H and O–H groups in total. The lowest BCUT2D eigenvalue weighted by atomic mass is 10.1. The molecule has 62 heavy (non-hydrogen) atoms. The van der Waals surface area contributed by atoms with Gasteiger partial charge in [-0.2, -0.15) is 0 Å². The van der Waals surface area contributed by atoms with Gasteiger partial charge in [-0.15, -0.1) is 0 Å². The highest BCUT2D eigenvalue weighted by atomic mass is 16.5. The minimum atomic E-state index is 0.0701. The molecular weight excluding hydrogens is 775 g/mol. The summed E-state index contributed by atoms with van der Waals surface area (Å²) in [6, 6.07) is 28.8. The Morgan fingerprint density at radius 3 is 1.89 bits per heavy atom. The van der Waals surface area contributed by atoms with E-state index in [2.05, 4.69) is 85.7 Å².